The smallest absolute Gasteiger partial charge is 0.120 e. The van der Waals surface area contributed by atoms with Gasteiger partial charge in [0.2, 0.25) is 0 Å². The molecular formula is C7H14OS. The second kappa shape index (κ2) is 2.93. The van der Waals surface area contributed by atoms with Gasteiger partial charge in [-0.05, 0) is 12.3 Å². The van der Waals surface area contributed by atoms with Crippen molar-refractivity contribution in [3.05, 3.63) is 0 Å². The lowest BCUT2D eigenvalue weighted by Gasteiger charge is -2.30. The van der Waals surface area contributed by atoms with Gasteiger partial charge in [-0.1, -0.05) is 25.0 Å². The van der Waals surface area contributed by atoms with Gasteiger partial charge < -0.3 is 4.55 Å². The van der Waals surface area contributed by atoms with Crippen molar-refractivity contribution in [3.8, 4) is 0 Å². The van der Waals surface area contributed by atoms with Crippen LogP contribution in [-0.2, 0) is 11.2 Å². The molecule has 1 rings (SSSR count). The Morgan fingerprint density at radius 3 is 2.44 bits per heavy atom. The summed E-state index contributed by atoms with van der Waals surface area (Å²) in [6.07, 6.45) is 2.36. The lowest BCUT2D eigenvalue weighted by atomic mass is 10.1. The van der Waals surface area contributed by atoms with Gasteiger partial charge in [0.1, 0.15) is 11.0 Å². The zero-order chi connectivity index (χ0) is 6.85. The first kappa shape index (κ1) is 7.42. The Balaban J connectivity index is 2.13. The predicted octanol–water partition coefficient (Wildman–Crippen LogP) is 1.55. The molecule has 1 fully saturated rings. The largest absolute Gasteiger partial charge is 0.616 e. The van der Waals surface area contributed by atoms with Gasteiger partial charge in [0.25, 0.3) is 0 Å². The summed E-state index contributed by atoms with van der Waals surface area (Å²) in [7, 11) is 0. The maximum absolute atomic E-state index is 10.9. The molecule has 2 heteroatoms. The van der Waals surface area contributed by atoms with Crippen LogP contribution in [0.4, 0.5) is 0 Å². The molecule has 1 aliphatic rings. The monoisotopic (exact) mass is 146 g/mol. The van der Waals surface area contributed by atoms with Crippen molar-refractivity contribution in [3.63, 3.8) is 0 Å². The summed E-state index contributed by atoms with van der Waals surface area (Å²) < 4.78 is 10.9. The quantitative estimate of drug-likeness (QED) is 0.542. The van der Waals surface area contributed by atoms with Crippen molar-refractivity contribution in [2.24, 2.45) is 5.92 Å². The van der Waals surface area contributed by atoms with Crippen LogP contribution < -0.4 is 0 Å². The molecule has 0 saturated carbocycles. The molecule has 0 aliphatic carbocycles. The van der Waals surface area contributed by atoms with Crippen LogP contribution in [0.3, 0.4) is 0 Å². The van der Waals surface area contributed by atoms with E-state index in [0.29, 0.717) is 5.25 Å². The van der Waals surface area contributed by atoms with Crippen LogP contribution in [0.5, 0.6) is 0 Å². The summed E-state index contributed by atoms with van der Waals surface area (Å²) in [5.74, 6) is 1.68. The molecule has 0 aromatic heterocycles. The molecule has 1 aliphatic heterocycles. The summed E-state index contributed by atoms with van der Waals surface area (Å²) in [5.41, 5.74) is 0. The van der Waals surface area contributed by atoms with Crippen molar-refractivity contribution >= 4 is 11.2 Å². The van der Waals surface area contributed by atoms with E-state index in [1.807, 2.05) is 0 Å². The van der Waals surface area contributed by atoms with Gasteiger partial charge in [0, 0.05) is 6.42 Å². The first-order valence-corrected chi connectivity index (χ1v) is 4.95. The Morgan fingerprint density at radius 2 is 2.33 bits per heavy atom. The van der Waals surface area contributed by atoms with E-state index >= 15 is 0 Å². The molecule has 1 nitrogen and oxygen atoms in total. The fourth-order valence-electron chi connectivity index (χ4n) is 1.13. The molecule has 1 saturated heterocycles. The van der Waals surface area contributed by atoms with E-state index in [9.17, 15) is 4.55 Å². The van der Waals surface area contributed by atoms with E-state index in [1.165, 1.54) is 6.42 Å². The molecule has 0 radical (unpaired) electrons. The Hall–Kier alpha value is 0.310. The second-order valence-corrected chi connectivity index (χ2v) is 4.96. The minimum absolute atomic E-state index is 0.450. The van der Waals surface area contributed by atoms with Crippen molar-refractivity contribution in [2.75, 3.05) is 5.75 Å². The molecule has 0 N–H and O–H groups in total. The fraction of sp³-hybridized carbons (Fsp3) is 1.00. The average molecular weight is 146 g/mol. The van der Waals surface area contributed by atoms with Gasteiger partial charge in [-0.2, -0.15) is 0 Å². The maximum atomic E-state index is 10.9. The van der Waals surface area contributed by atoms with Crippen LogP contribution in [0.15, 0.2) is 0 Å². The van der Waals surface area contributed by atoms with Crippen LogP contribution in [0, 0.1) is 5.92 Å². The standard InChI is InChI=1S/C7H14OS/c1-6(2)5-7-3-4-9(7)8/h6-7H,3-5H2,1-2H3. The average Bonchev–Trinajstić information content (AvgIpc) is 1.79. The third kappa shape index (κ3) is 1.87. The molecule has 0 amide bonds. The SMILES string of the molecule is CC(C)CC1CC[S+]1[O-]. The van der Waals surface area contributed by atoms with Crippen molar-refractivity contribution in [1.29, 1.82) is 0 Å². The van der Waals surface area contributed by atoms with Crippen LogP contribution in [0.25, 0.3) is 0 Å². The molecular weight excluding hydrogens is 132 g/mol. The van der Waals surface area contributed by atoms with E-state index in [-0.39, 0.29) is 0 Å². The molecule has 0 bridgehead atoms. The minimum atomic E-state index is -0.450. The van der Waals surface area contributed by atoms with Crippen LogP contribution in [0.2, 0.25) is 0 Å². The molecule has 0 aromatic rings. The van der Waals surface area contributed by atoms with Gasteiger partial charge >= 0.3 is 0 Å². The highest BCUT2D eigenvalue weighted by Gasteiger charge is 2.33. The van der Waals surface area contributed by atoms with Gasteiger partial charge in [0.15, 0.2) is 0 Å². The third-order valence-electron chi connectivity index (χ3n) is 1.75. The first-order valence-electron chi connectivity index (χ1n) is 3.57. The molecule has 2 unspecified atom stereocenters. The molecule has 54 valence electrons. The highest BCUT2D eigenvalue weighted by Crippen LogP contribution is 2.26. The predicted molar refractivity (Wildman–Crippen MR) is 40.9 cm³/mol. The lowest BCUT2D eigenvalue weighted by molar-refractivity contribution is 0.488. The third-order valence-corrected chi connectivity index (χ3v) is 3.56. The summed E-state index contributed by atoms with van der Waals surface area (Å²) in [5, 5.41) is 0.546. The highest BCUT2D eigenvalue weighted by molar-refractivity contribution is 7.93. The minimum Gasteiger partial charge on any atom is -0.616 e. The maximum Gasteiger partial charge on any atom is 0.120 e. The number of hydrogen-bond donors (Lipinski definition) is 0. The Labute approximate surface area is 60.0 Å². The number of hydrogen-bond acceptors (Lipinski definition) is 1. The summed E-state index contributed by atoms with van der Waals surface area (Å²) in [6.45, 7) is 4.38. The van der Waals surface area contributed by atoms with Gasteiger partial charge in [0.05, 0.1) is 0 Å². The highest BCUT2D eigenvalue weighted by atomic mass is 32.2. The first-order chi connectivity index (χ1) is 4.20. The second-order valence-electron chi connectivity index (χ2n) is 3.13. The van der Waals surface area contributed by atoms with Gasteiger partial charge in [-0.25, -0.2) is 0 Å². The molecule has 1 heterocycles. The summed E-state index contributed by atoms with van der Waals surface area (Å²) in [4.78, 5) is 0. The van der Waals surface area contributed by atoms with Gasteiger partial charge in [-0.3, -0.25) is 0 Å². The molecule has 0 aromatic carbocycles. The summed E-state index contributed by atoms with van der Waals surface area (Å²) in [6, 6.07) is 0. The molecule has 2 atom stereocenters. The Bertz CT molecular complexity index is 92.9. The van der Waals surface area contributed by atoms with E-state index in [4.69, 9.17) is 0 Å². The Morgan fingerprint density at radius 1 is 1.67 bits per heavy atom. The zero-order valence-corrected chi connectivity index (χ0v) is 6.91. The van der Waals surface area contributed by atoms with Crippen molar-refractivity contribution in [2.45, 2.75) is 31.9 Å². The van der Waals surface area contributed by atoms with E-state index < -0.39 is 11.2 Å². The van der Waals surface area contributed by atoms with Crippen molar-refractivity contribution < 1.29 is 4.55 Å². The normalized spacial score (nSPS) is 34.7. The van der Waals surface area contributed by atoms with E-state index in [1.54, 1.807) is 0 Å². The molecule has 0 spiro atoms. The Kier molecular flexibility index (Phi) is 2.42. The van der Waals surface area contributed by atoms with E-state index in [0.717, 1.165) is 18.1 Å². The number of rotatable bonds is 2. The van der Waals surface area contributed by atoms with Crippen LogP contribution >= 0.6 is 0 Å². The molecule has 9 heavy (non-hydrogen) atoms. The van der Waals surface area contributed by atoms with Gasteiger partial charge in [-0.15, -0.1) is 0 Å². The zero-order valence-electron chi connectivity index (χ0n) is 6.09. The van der Waals surface area contributed by atoms with Crippen LogP contribution in [-0.4, -0.2) is 15.6 Å². The topological polar surface area (TPSA) is 23.1 Å². The fourth-order valence-corrected chi connectivity index (χ4v) is 2.49. The van der Waals surface area contributed by atoms with Crippen LogP contribution in [0.1, 0.15) is 26.7 Å². The van der Waals surface area contributed by atoms with E-state index in [2.05, 4.69) is 13.8 Å². The van der Waals surface area contributed by atoms with Crippen molar-refractivity contribution in [1.82, 2.24) is 0 Å². The lowest BCUT2D eigenvalue weighted by Crippen LogP contribution is -2.37. The summed E-state index contributed by atoms with van der Waals surface area (Å²) >= 11 is -0.450.